The van der Waals surface area contributed by atoms with E-state index in [1.807, 2.05) is 20.8 Å². The van der Waals surface area contributed by atoms with E-state index in [1.54, 1.807) is 35.4 Å². The normalized spacial score (nSPS) is 29.6. The van der Waals surface area contributed by atoms with Crippen LogP contribution < -0.4 is 20.7 Å². The molecule has 0 radical (unpaired) electrons. The van der Waals surface area contributed by atoms with Gasteiger partial charge < -0.3 is 25.8 Å². The molecule has 5 N–H and O–H groups in total. The zero-order valence-corrected chi connectivity index (χ0v) is 35.4. The van der Waals surface area contributed by atoms with E-state index in [-0.39, 0.29) is 57.1 Å². The van der Waals surface area contributed by atoms with Crippen LogP contribution in [-0.4, -0.2) is 78.0 Å². The van der Waals surface area contributed by atoms with Gasteiger partial charge in [0, 0.05) is 35.4 Å². The molecule has 1 saturated heterocycles. The number of nitrogens with one attached hydrogen (secondary N) is 5. The topological polar surface area (TPSA) is 187 Å². The SMILES string of the molecule is C=C[C@@H]1C[C@]1(NC(=O)[C@@H]1C[C@@]2(CN1C(=O)[C@@H](NC(=O)[C@@H](NC(=O)C1CC1)C1CCCCC1)C(C)(C)C)C(C)(C)C21CCC1)C(=O)NS(=O)(=O)c1cccc2cc[nH]c12. The number of hydrogen-bond acceptors (Lipinski definition) is 7. The number of para-hydroxylation sites is 1. The number of carbonyl (C=O) groups is 5. The summed E-state index contributed by atoms with van der Waals surface area (Å²) in [6.07, 6.45) is 13.0. The number of aromatic nitrogens is 1. The number of likely N-dealkylation sites (tertiary alicyclic amines) is 1. The van der Waals surface area contributed by atoms with Crippen molar-refractivity contribution in [2.75, 3.05) is 6.54 Å². The largest absolute Gasteiger partial charge is 0.360 e. The molecule has 2 heterocycles. The predicted octanol–water partition coefficient (Wildman–Crippen LogP) is 4.84. The molecule has 0 bridgehead atoms. The van der Waals surface area contributed by atoms with Crippen molar-refractivity contribution in [2.24, 2.45) is 39.4 Å². The fourth-order valence-electron chi connectivity index (χ4n) is 11.5. The zero-order chi connectivity index (χ0) is 41.6. The molecule has 13 nitrogen and oxygen atoms in total. The first-order valence-electron chi connectivity index (χ1n) is 21.3. The molecule has 6 atom stereocenters. The average Bonchev–Trinajstić information content (AvgIpc) is 4.08. The Balaban J connectivity index is 1.07. The smallest absolute Gasteiger partial charge is 0.266 e. The third-order valence-corrected chi connectivity index (χ3v) is 16.9. The molecule has 1 aromatic heterocycles. The molecule has 58 heavy (non-hydrogen) atoms. The number of fused-ring (bicyclic) bond motifs is 2. The van der Waals surface area contributed by atoms with Gasteiger partial charge in [0.05, 0.1) is 5.52 Å². The van der Waals surface area contributed by atoms with Gasteiger partial charge in [-0.05, 0) is 85.7 Å². The van der Waals surface area contributed by atoms with Crippen LogP contribution in [0.1, 0.15) is 112 Å². The fourth-order valence-corrected chi connectivity index (χ4v) is 12.7. The maximum atomic E-state index is 15.2. The Hall–Kier alpha value is -4.20. The van der Waals surface area contributed by atoms with Crippen LogP contribution in [-0.2, 0) is 34.0 Å². The highest BCUT2D eigenvalue weighted by atomic mass is 32.2. The molecule has 2 aromatic rings. The lowest BCUT2D eigenvalue weighted by Crippen LogP contribution is -2.62. The molecule has 14 heteroatoms. The molecule has 8 rings (SSSR count). The molecule has 5 amide bonds. The molecule has 0 unspecified atom stereocenters. The second kappa shape index (κ2) is 13.9. The summed E-state index contributed by atoms with van der Waals surface area (Å²) in [5.41, 5.74) is -2.53. The maximum absolute atomic E-state index is 15.2. The number of amides is 5. The summed E-state index contributed by atoms with van der Waals surface area (Å²) in [7, 11) is -4.36. The predicted molar refractivity (Wildman–Crippen MR) is 218 cm³/mol. The van der Waals surface area contributed by atoms with Crippen LogP contribution in [0, 0.1) is 39.4 Å². The lowest BCUT2D eigenvalue weighted by atomic mass is 9.73. The standard InChI is InChI=1S/C44H60N6O7S/c1-7-29-23-44(29,39(55)49-58(56,57)31-16-11-15-27-19-22-45-32(27)31)48-36(52)30-24-43(41(5,6)42(43)20-12-21-42)25-50(30)38(54)34(40(2,3)4)47-37(53)33(26-13-9-8-10-14-26)46-35(51)28-17-18-28/h7,11,15-16,19,22,26,28-30,33-34,45H,1,8-10,12-14,17-18,20-21,23-25H2,2-6H3,(H,46,51)(H,47,53)(H,48,52)(H,49,55)/t29-,30+,33+,34-,43-,44-/m1/s1. The molecule has 1 aromatic carbocycles. The summed E-state index contributed by atoms with van der Waals surface area (Å²) in [6, 6.07) is 3.75. The van der Waals surface area contributed by atoms with E-state index in [0.717, 1.165) is 64.2 Å². The van der Waals surface area contributed by atoms with E-state index < -0.39 is 56.8 Å². The van der Waals surface area contributed by atoms with Crippen LogP contribution in [0.3, 0.4) is 0 Å². The van der Waals surface area contributed by atoms with Crippen molar-refractivity contribution in [2.45, 2.75) is 140 Å². The first-order valence-corrected chi connectivity index (χ1v) is 22.8. The zero-order valence-electron chi connectivity index (χ0n) is 34.5. The quantitative estimate of drug-likeness (QED) is 0.190. The Bertz CT molecular complexity index is 2160. The Kier molecular flexibility index (Phi) is 9.75. The van der Waals surface area contributed by atoms with E-state index in [4.69, 9.17) is 0 Å². The molecule has 6 fully saturated rings. The molecule has 5 aliphatic carbocycles. The Morgan fingerprint density at radius 2 is 1.62 bits per heavy atom. The van der Waals surface area contributed by atoms with Gasteiger partial charge in [-0.2, -0.15) is 0 Å². The van der Waals surface area contributed by atoms with Gasteiger partial charge in [-0.15, -0.1) is 6.58 Å². The summed E-state index contributed by atoms with van der Waals surface area (Å²) in [5.74, 6) is -2.95. The second-order valence-corrected chi connectivity index (χ2v) is 21.6. The van der Waals surface area contributed by atoms with E-state index >= 15 is 4.79 Å². The molecular weight excluding hydrogens is 757 g/mol. The van der Waals surface area contributed by atoms with Crippen LogP contribution in [0.2, 0.25) is 0 Å². The highest BCUT2D eigenvalue weighted by molar-refractivity contribution is 7.90. The fraction of sp³-hybridized carbons (Fsp3) is 0.659. The number of hydrogen-bond donors (Lipinski definition) is 5. The maximum Gasteiger partial charge on any atom is 0.266 e. The van der Waals surface area contributed by atoms with Crippen molar-refractivity contribution in [1.29, 1.82) is 0 Å². The van der Waals surface area contributed by atoms with Crippen LogP contribution in [0.25, 0.3) is 10.9 Å². The van der Waals surface area contributed by atoms with E-state index in [9.17, 15) is 27.6 Å². The summed E-state index contributed by atoms with van der Waals surface area (Å²) < 4.78 is 29.6. The van der Waals surface area contributed by atoms with Gasteiger partial charge in [0.15, 0.2) is 0 Å². The third-order valence-electron chi connectivity index (χ3n) is 15.6. The molecule has 1 aliphatic heterocycles. The number of benzene rings is 1. The van der Waals surface area contributed by atoms with E-state index in [0.29, 0.717) is 23.9 Å². The van der Waals surface area contributed by atoms with Crippen LogP contribution in [0.5, 0.6) is 0 Å². The van der Waals surface area contributed by atoms with E-state index in [1.165, 1.54) is 6.07 Å². The van der Waals surface area contributed by atoms with Crippen molar-refractivity contribution in [1.82, 2.24) is 30.6 Å². The first kappa shape index (κ1) is 40.6. The third kappa shape index (κ3) is 6.38. The van der Waals surface area contributed by atoms with Crippen molar-refractivity contribution in [3.8, 4) is 0 Å². The number of aromatic amines is 1. The summed E-state index contributed by atoms with van der Waals surface area (Å²) in [6.45, 7) is 14.3. The molecule has 314 valence electrons. The Morgan fingerprint density at radius 3 is 2.21 bits per heavy atom. The van der Waals surface area contributed by atoms with Crippen molar-refractivity contribution < 1.29 is 32.4 Å². The minimum Gasteiger partial charge on any atom is -0.360 e. The number of nitrogens with zero attached hydrogens (tertiary/aromatic N) is 1. The second-order valence-electron chi connectivity index (χ2n) is 19.9. The van der Waals surface area contributed by atoms with Gasteiger partial charge in [0.25, 0.3) is 15.9 Å². The van der Waals surface area contributed by atoms with Gasteiger partial charge in [-0.1, -0.05) is 78.5 Å². The monoisotopic (exact) mass is 816 g/mol. The molecule has 6 aliphatic rings. The molecular formula is C44H60N6O7S. The minimum absolute atomic E-state index is 0.0294. The van der Waals surface area contributed by atoms with Crippen LogP contribution in [0.15, 0.2) is 48.0 Å². The minimum atomic E-state index is -4.36. The van der Waals surface area contributed by atoms with Crippen LogP contribution in [0.4, 0.5) is 0 Å². The van der Waals surface area contributed by atoms with Gasteiger partial charge in [-0.3, -0.25) is 24.0 Å². The summed E-state index contributed by atoms with van der Waals surface area (Å²) >= 11 is 0. The Morgan fingerprint density at radius 1 is 0.914 bits per heavy atom. The highest BCUT2D eigenvalue weighted by Crippen LogP contribution is 2.88. The van der Waals surface area contributed by atoms with Gasteiger partial charge in [-0.25, -0.2) is 13.1 Å². The van der Waals surface area contributed by atoms with Gasteiger partial charge >= 0.3 is 0 Å². The molecule has 5 saturated carbocycles. The van der Waals surface area contributed by atoms with Gasteiger partial charge in [0.2, 0.25) is 23.6 Å². The van der Waals surface area contributed by atoms with E-state index in [2.05, 4.69) is 46.1 Å². The Labute approximate surface area is 341 Å². The lowest BCUT2D eigenvalue weighted by Gasteiger charge is -2.38. The molecule has 2 spiro atoms. The van der Waals surface area contributed by atoms with Crippen molar-refractivity contribution in [3.05, 3.63) is 43.1 Å². The number of carbonyl (C=O) groups excluding carboxylic acids is 5. The highest BCUT2D eigenvalue weighted by Gasteiger charge is 2.85. The number of sulfonamides is 1. The number of H-pyrrole nitrogens is 1. The van der Waals surface area contributed by atoms with Gasteiger partial charge in [0.1, 0.15) is 28.6 Å². The van der Waals surface area contributed by atoms with Crippen LogP contribution >= 0.6 is 0 Å². The average molecular weight is 817 g/mol. The summed E-state index contributed by atoms with van der Waals surface area (Å²) in [4.78, 5) is 75.9. The van der Waals surface area contributed by atoms with Crippen molar-refractivity contribution in [3.63, 3.8) is 0 Å². The first-order chi connectivity index (χ1) is 27.3. The number of rotatable bonds is 12. The lowest BCUT2D eigenvalue weighted by molar-refractivity contribution is -0.145. The summed E-state index contributed by atoms with van der Waals surface area (Å²) in [5, 5.41) is 9.77. The van der Waals surface area contributed by atoms with Crippen molar-refractivity contribution >= 4 is 50.5 Å².